The van der Waals surface area contributed by atoms with E-state index in [0.29, 0.717) is 162 Å². The molecule has 4 aliphatic carbocycles. The third-order valence-corrected chi connectivity index (χ3v) is 19.2. The molecule has 0 saturated heterocycles. The predicted octanol–water partition coefficient (Wildman–Crippen LogP) is 13.0. The maximum absolute atomic E-state index is 14.1. The summed E-state index contributed by atoms with van der Waals surface area (Å²) in [7, 11) is 0. The van der Waals surface area contributed by atoms with Crippen LogP contribution in [0.25, 0.3) is 4.85 Å². The lowest BCUT2D eigenvalue weighted by Gasteiger charge is -2.31. The van der Waals surface area contributed by atoms with Crippen molar-refractivity contribution < 1.29 is 76.3 Å². The van der Waals surface area contributed by atoms with Gasteiger partial charge in [-0.25, -0.2) is 10.1 Å². The van der Waals surface area contributed by atoms with Gasteiger partial charge in [0.25, 0.3) is 5.70 Å². The quantitative estimate of drug-likeness (QED) is 0.0144. The highest BCUT2D eigenvalue weighted by molar-refractivity contribution is 8.24. The van der Waals surface area contributed by atoms with E-state index in [1.165, 1.54) is 0 Å². The predicted molar refractivity (Wildman–Crippen MR) is 313 cm³/mol. The molecule has 18 nitrogen and oxygen atoms in total. The van der Waals surface area contributed by atoms with E-state index in [-0.39, 0.29) is 113 Å². The summed E-state index contributed by atoms with van der Waals surface area (Å²) in [4.78, 5) is 108. The molecule has 84 heavy (non-hydrogen) atoms. The van der Waals surface area contributed by atoms with E-state index < -0.39 is 29.2 Å². The Hall–Kier alpha value is -5.02. The first kappa shape index (κ1) is 68.1. The van der Waals surface area contributed by atoms with Gasteiger partial charge in [-0.3, -0.25) is 38.4 Å². The molecule has 0 atom stereocenters. The molecule has 0 spiro atoms. The van der Waals surface area contributed by atoms with Crippen LogP contribution in [0, 0.1) is 53.4 Å². The first-order valence-corrected chi connectivity index (χ1v) is 32.8. The van der Waals surface area contributed by atoms with Gasteiger partial charge in [-0.15, -0.1) is 23.2 Å². The van der Waals surface area contributed by atoms with Crippen LogP contribution in [-0.4, -0.2) is 98.1 Å². The monoisotopic (exact) mass is 1240 g/mol. The lowest BCUT2D eigenvalue weighted by molar-refractivity contribution is -0.161. The molecule has 0 aromatic heterocycles. The molecule has 4 fully saturated rings. The van der Waals surface area contributed by atoms with E-state index >= 15 is 0 Å². The minimum Gasteiger partial charge on any atom is -0.466 e. The van der Waals surface area contributed by atoms with Gasteiger partial charge >= 0.3 is 47.8 Å². The normalized spacial score (nSPS) is 23.7. The molecule has 5 aliphatic rings. The van der Waals surface area contributed by atoms with Gasteiger partial charge in [-0.05, 0) is 166 Å². The fourth-order valence-electron chi connectivity index (χ4n) is 11.2. The Morgan fingerprint density at radius 3 is 1.26 bits per heavy atom. The number of benzene rings is 1. The molecule has 1 aliphatic heterocycles. The minimum atomic E-state index is -0.630. The zero-order valence-corrected chi connectivity index (χ0v) is 52.0. The summed E-state index contributed by atoms with van der Waals surface area (Å²) in [5.41, 5.74) is -0.182. The highest BCUT2D eigenvalue weighted by Crippen LogP contribution is 2.61. The van der Waals surface area contributed by atoms with Crippen LogP contribution >= 0.6 is 46.7 Å². The molecule has 1 aromatic rings. The number of nitrogens with zero attached hydrogens (tertiary/aromatic N) is 2. The van der Waals surface area contributed by atoms with E-state index in [0.717, 1.165) is 62.0 Å². The Morgan fingerprint density at radius 2 is 0.881 bits per heavy atom. The first-order valence-electron chi connectivity index (χ1n) is 30.1. The Morgan fingerprint density at radius 1 is 0.524 bits per heavy atom. The van der Waals surface area contributed by atoms with Crippen molar-refractivity contribution in [1.29, 1.82) is 5.26 Å². The molecular weight excluding hydrogens is 1160 g/mol. The van der Waals surface area contributed by atoms with Crippen LogP contribution < -0.4 is 9.47 Å². The van der Waals surface area contributed by atoms with E-state index in [9.17, 15) is 43.6 Å². The van der Waals surface area contributed by atoms with Crippen molar-refractivity contribution in [3.8, 4) is 17.6 Å². The molecule has 4 saturated carbocycles. The van der Waals surface area contributed by atoms with Crippen molar-refractivity contribution in [2.45, 2.75) is 215 Å². The van der Waals surface area contributed by atoms with Crippen molar-refractivity contribution >= 4 is 94.5 Å². The van der Waals surface area contributed by atoms with E-state index in [2.05, 4.69) is 4.85 Å². The molecule has 0 N–H and O–H groups in total. The summed E-state index contributed by atoms with van der Waals surface area (Å²) in [6, 6.07) is 3.67. The molecule has 0 bridgehead atoms. The molecule has 6 rings (SSSR count). The summed E-state index contributed by atoms with van der Waals surface area (Å²) < 4.78 is 46.1. The molecule has 0 radical (unpaired) electrons. The second kappa shape index (κ2) is 35.0. The lowest BCUT2D eigenvalue weighted by Crippen LogP contribution is -2.34. The largest absolute Gasteiger partial charge is 0.466 e. The average molecular weight is 1250 g/mol. The summed E-state index contributed by atoms with van der Waals surface area (Å²) in [6.45, 7) is 14.9. The van der Waals surface area contributed by atoms with Gasteiger partial charge in [-0.1, -0.05) is 44.3 Å². The third-order valence-electron chi connectivity index (χ3n) is 16.2. The molecule has 1 aromatic carbocycles. The highest BCUT2D eigenvalue weighted by atomic mass is 35.5. The zero-order valence-electron chi connectivity index (χ0n) is 48.8. The van der Waals surface area contributed by atoms with Crippen molar-refractivity contribution in [2.75, 3.05) is 38.2 Å². The minimum absolute atomic E-state index is 0.146. The summed E-state index contributed by atoms with van der Waals surface area (Å²) in [6.07, 6.45) is 13.8. The van der Waals surface area contributed by atoms with Crippen LogP contribution in [-0.2, 0) is 72.2 Å². The number of allylic oxidation sites excluding steroid dienone is 1. The highest BCUT2D eigenvalue weighted by Gasteiger charge is 2.40. The second-order valence-electron chi connectivity index (χ2n) is 23.5. The van der Waals surface area contributed by atoms with Gasteiger partial charge < -0.3 is 37.9 Å². The molecular formula is C62H82Cl2N2O16S2. The van der Waals surface area contributed by atoms with E-state index in [4.69, 9.17) is 67.7 Å². The van der Waals surface area contributed by atoms with Gasteiger partial charge in [0.2, 0.25) is 0 Å². The number of alkyl halides is 2. The number of fused-ring (bicyclic) bond motifs is 1. The summed E-state index contributed by atoms with van der Waals surface area (Å²) in [5, 5.41) is 9.90. The van der Waals surface area contributed by atoms with Crippen molar-refractivity contribution in [2.24, 2.45) is 35.5 Å². The van der Waals surface area contributed by atoms with E-state index in [1.807, 2.05) is 26.8 Å². The van der Waals surface area contributed by atoms with Crippen molar-refractivity contribution in [3.63, 3.8) is 0 Å². The Balaban J connectivity index is 0.937. The lowest BCUT2D eigenvalue weighted by atomic mass is 9.82. The Labute approximate surface area is 512 Å². The maximum atomic E-state index is 14.1. The van der Waals surface area contributed by atoms with Gasteiger partial charge in [-0.2, -0.15) is 0 Å². The van der Waals surface area contributed by atoms with Crippen LogP contribution in [0.3, 0.4) is 0 Å². The SMILES string of the molecule is [C-]#[N+]/C(C#N)=C1\Sc2c(OC(=O)C3CCC(OC(=O)C4CCC(C(=O)OCCCCCCOC(=O)CCCl)CC4)CC3)cc(C(C)(C)C)c(OC(=O)C3CCC(OC(=O)C4CCC(C(=O)OCCCCCCOC(=O)CCCl)CC4)CC3)c2S1. The van der Waals surface area contributed by atoms with Gasteiger partial charge in [0, 0.05) is 17.3 Å². The van der Waals surface area contributed by atoms with Crippen LogP contribution in [0.5, 0.6) is 11.5 Å². The van der Waals surface area contributed by atoms with Crippen LogP contribution in [0.15, 0.2) is 25.8 Å². The molecule has 22 heteroatoms. The number of carbonyl (C=O) groups excluding carboxylic acids is 8. The fraction of sp³-hybridized carbons (Fsp3) is 0.710. The van der Waals surface area contributed by atoms with Crippen molar-refractivity contribution in [3.05, 3.63) is 33.0 Å². The summed E-state index contributed by atoms with van der Waals surface area (Å²) in [5.74, 6) is -3.76. The fourth-order valence-corrected chi connectivity index (χ4v) is 14.0. The number of hydrogen-bond donors (Lipinski definition) is 0. The molecule has 0 unspecified atom stereocenters. The van der Waals surface area contributed by atoms with Gasteiger partial charge in [0.15, 0.2) is 0 Å². The number of rotatable bonds is 28. The van der Waals surface area contributed by atoms with Crippen molar-refractivity contribution in [1.82, 2.24) is 0 Å². The molecule has 462 valence electrons. The number of thioether (sulfide) groups is 2. The zero-order chi connectivity index (χ0) is 60.6. The number of carbonyl (C=O) groups is 8. The molecule has 0 amide bonds. The van der Waals surface area contributed by atoms with Gasteiger partial charge in [0.1, 0.15) is 23.7 Å². The second-order valence-corrected chi connectivity index (χ2v) is 26.5. The average Bonchev–Trinajstić information content (AvgIpc) is 1.98. The number of nitriles is 1. The topological polar surface area (TPSA) is 239 Å². The maximum Gasteiger partial charge on any atom is 0.314 e. The third kappa shape index (κ3) is 21.1. The van der Waals surface area contributed by atoms with Crippen LogP contribution in [0.4, 0.5) is 0 Å². The van der Waals surface area contributed by atoms with Crippen LogP contribution in [0.2, 0.25) is 0 Å². The summed E-state index contributed by atoms with van der Waals surface area (Å²) >= 11 is 13.3. The number of unbranched alkanes of at least 4 members (excludes halogenated alkanes) is 6. The van der Waals surface area contributed by atoms with Crippen LogP contribution in [0.1, 0.15) is 193 Å². The standard InChI is InChI=1S/C62H82Cl2N2O16S2/c1-62(2,3)47-37-49(81-59(73)43-21-25-45(26-22-43)79-57(71)41-17-13-39(14-18-41)55(69)77-35-11-7-5-9-33-75-50(67)29-31-63)53-54(84-61(83-53)48(38-65)66-4)52(47)82-60(74)44-23-27-46(28-24-44)80-58(72)42-19-15-40(16-20-42)56(70)78-36-12-8-6-10-34-76-51(68)30-32-64/h37,39-46H,5-36H2,1-3H3/b61-48+. The number of hydrogen-bond acceptors (Lipinski definition) is 19. The Bertz CT molecular complexity index is 2550. The smallest absolute Gasteiger partial charge is 0.314 e. The Kier molecular flexibility index (Phi) is 28.3. The van der Waals surface area contributed by atoms with E-state index in [1.54, 1.807) is 6.07 Å². The number of halogens is 2. The number of esters is 8. The molecule has 1 heterocycles. The number of ether oxygens (including phenoxy) is 8. The first-order chi connectivity index (χ1) is 40.4. The van der Waals surface area contributed by atoms with Gasteiger partial charge in [0.05, 0.1) is 101 Å².